The lowest BCUT2D eigenvalue weighted by Gasteiger charge is -2.35. The van der Waals surface area contributed by atoms with Gasteiger partial charge in [0.25, 0.3) is 0 Å². The summed E-state index contributed by atoms with van der Waals surface area (Å²) in [6, 6.07) is 7.91. The first-order valence-corrected chi connectivity index (χ1v) is 14.9. The summed E-state index contributed by atoms with van der Waals surface area (Å²) in [5.41, 5.74) is -0.314. The molecule has 0 aromatic heterocycles. The average Bonchev–Trinajstić information content (AvgIpc) is 3.41. The number of benzene rings is 2. The summed E-state index contributed by atoms with van der Waals surface area (Å²) in [5, 5.41) is 4.68. The quantitative estimate of drug-likeness (QED) is 0.225. The van der Waals surface area contributed by atoms with Gasteiger partial charge in [-0.25, -0.2) is 9.59 Å². The van der Waals surface area contributed by atoms with Gasteiger partial charge in [0.2, 0.25) is 5.91 Å². The number of fused-ring (bicyclic) bond motifs is 1. The van der Waals surface area contributed by atoms with E-state index in [2.05, 4.69) is 18.5 Å². The molecule has 1 saturated heterocycles. The van der Waals surface area contributed by atoms with Crippen LogP contribution in [0.25, 0.3) is 16.8 Å². The van der Waals surface area contributed by atoms with Crippen LogP contribution < -0.4 is 10.1 Å². The normalized spacial score (nSPS) is 19.3. The number of hydrogen-bond donors (Lipinski definition) is 1. The zero-order valence-corrected chi connectivity index (χ0v) is 27.5. The Morgan fingerprint density at radius 3 is 2.34 bits per heavy atom. The second kappa shape index (κ2) is 13.8. The van der Waals surface area contributed by atoms with E-state index < -0.39 is 41.1 Å². The van der Waals surface area contributed by atoms with Crippen molar-refractivity contribution in [2.75, 3.05) is 34.5 Å². The Kier molecular flexibility index (Phi) is 10.9. The molecule has 1 aliphatic heterocycles. The number of rotatable bonds is 12. The number of alkyl carbamates (subject to hydrolysis) is 1. The van der Waals surface area contributed by atoms with Gasteiger partial charge in [-0.1, -0.05) is 65.5 Å². The number of hydrogen-bond acceptors (Lipinski definition) is 7. The van der Waals surface area contributed by atoms with E-state index in [9.17, 15) is 14.4 Å². The number of nitrogens with one attached hydrogen (secondary N) is 1. The number of allylic oxidation sites excluding steroid dienone is 1. The SMILES string of the molecule is C=CCCC(C)(C)COC(=O)N[C@H](C(=O)N1CC(OC)(c2ccc3cc(OC)c(C=C)cc3c2)CC1C(=O)OC)C(C)(C)C. The molecule has 44 heavy (non-hydrogen) atoms. The van der Waals surface area contributed by atoms with Crippen LogP contribution in [-0.2, 0) is 29.4 Å². The van der Waals surface area contributed by atoms with Gasteiger partial charge in [0, 0.05) is 19.1 Å². The third-order valence-electron chi connectivity index (χ3n) is 8.40. The number of amides is 2. The van der Waals surface area contributed by atoms with Crippen LogP contribution in [0.4, 0.5) is 4.79 Å². The molecule has 1 fully saturated rings. The fourth-order valence-electron chi connectivity index (χ4n) is 5.64. The molecule has 9 nitrogen and oxygen atoms in total. The van der Waals surface area contributed by atoms with Gasteiger partial charge in [0.1, 0.15) is 23.4 Å². The molecular formula is C35H48N2O7. The van der Waals surface area contributed by atoms with Gasteiger partial charge in [0.05, 0.1) is 27.4 Å². The molecule has 2 amide bonds. The van der Waals surface area contributed by atoms with Gasteiger partial charge in [-0.2, -0.15) is 0 Å². The molecule has 0 radical (unpaired) electrons. The van der Waals surface area contributed by atoms with Crippen molar-refractivity contribution < 1.29 is 33.3 Å². The Bertz CT molecular complexity index is 1390. The number of ether oxygens (including phenoxy) is 4. The number of methoxy groups -OCH3 is 3. The van der Waals surface area contributed by atoms with Crippen molar-refractivity contribution in [1.29, 1.82) is 0 Å². The van der Waals surface area contributed by atoms with E-state index in [1.165, 1.54) is 12.0 Å². The van der Waals surface area contributed by atoms with Crippen molar-refractivity contribution in [2.24, 2.45) is 10.8 Å². The molecule has 1 aliphatic rings. The van der Waals surface area contributed by atoms with Crippen LogP contribution in [0.1, 0.15) is 65.0 Å². The summed E-state index contributed by atoms with van der Waals surface area (Å²) in [4.78, 5) is 41.8. The van der Waals surface area contributed by atoms with Crippen molar-refractivity contribution in [3.8, 4) is 5.75 Å². The third-order valence-corrected chi connectivity index (χ3v) is 8.40. The maximum Gasteiger partial charge on any atom is 0.407 e. The summed E-state index contributed by atoms with van der Waals surface area (Å²) in [6.07, 6.45) is 4.64. The van der Waals surface area contributed by atoms with Crippen LogP contribution in [0.2, 0.25) is 0 Å². The van der Waals surface area contributed by atoms with Crippen molar-refractivity contribution in [2.45, 2.75) is 71.6 Å². The molecule has 1 heterocycles. The summed E-state index contributed by atoms with van der Waals surface area (Å²) in [5.74, 6) is -0.269. The Hall–Kier alpha value is -3.85. The van der Waals surface area contributed by atoms with Gasteiger partial charge in [-0.05, 0) is 58.2 Å². The summed E-state index contributed by atoms with van der Waals surface area (Å²) in [7, 11) is 4.48. The maximum atomic E-state index is 14.3. The largest absolute Gasteiger partial charge is 0.496 e. The molecule has 2 unspecified atom stereocenters. The lowest BCUT2D eigenvalue weighted by Crippen LogP contribution is -2.57. The molecule has 0 saturated carbocycles. The zero-order chi connectivity index (χ0) is 32.9. The van der Waals surface area contributed by atoms with Crippen LogP contribution in [-0.4, -0.2) is 69.4 Å². The first-order chi connectivity index (χ1) is 20.6. The number of esters is 1. The van der Waals surface area contributed by atoms with E-state index in [4.69, 9.17) is 18.9 Å². The van der Waals surface area contributed by atoms with E-state index in [1.807, 2.05) is 71.0 Å². The number of carbonyl (C=O) groups excluding carboxylic acids is 3. The van der Waals surface area contributed by atoms with Gasteiger partial charge < -0.3 is 29.2 Å². The number of nitrogens with zero attached hydrogens (tertiary/aromatic N) is 1. The second-order valence-electron chi connectivity index (χ2n) is 13.3. The Labute approximate surface area is 261 Å². The van der Waals surface area contributed by atoms with Crippen LogP contribution in [0.15, 0.2) is 49.6 Å². The van der Waals surface area contributed by atoms with Crippen LogP contribution in [0, 0.1) is 10.8 Å². The fraction of sp³-hybridized carbons (Fsp3) is 0.514. The van der Waals surface area contributed by atoms with Crippen LogP contribution in [0.5, 0.6) is 5.75 Å². The first-order valence-electron chi connectivity index (χ1n) is 14.9. The molecule has 240 valence electrons. The van der Waals surface area contributed by atoms with Crippen LogP contribution in [0.3, 0.4) is 0 Å². The highest BCUT2D eigenvalue weighted by Gasteiger charge is 2.53. The van der Waals surface area contributed by atoms with E-state index in [-0.39, 0.29) is 25.0 Å². The van der Waals surface area contributed by atoms with Crippen molar-refractivity contribution in [3.05, 3.63) is 60.7 Å². The summed E-state index contributed by atoms with van der Waals surface area (Å²) in [6.45, 7) is 17.5. The van der Waals surface area contributed by atoms with E-state index in [0.29, 0.717) is 5.75 Å². The fourth-order valence-corrected chi connectivity index (χ4v) is 5.64. The van der Waals surface area contributed by atoms with Crippen molar-refractivity contribution in [1.82, 2.24) is 10.2 Å². The molecule has 9 heteroatoms. The lowest BCUT2D eigenvalue weighted by molar-refractivity contribution is -0.152. The van der Waals surface area contributed by atoms with Crippen LogP contribution >= 0.6 is 0 Å². The predicted octanol–water partition coefficient (Wildman–Crippen LogP) is 6.24. The number of carbonyl (C=O) groups is 3. The van der Waals surface area contributed by atoms with Crippen molar-refractivity contribution in [3.63, 3.8) is 0 Å². The minimum atomic E-state index is -1.00. The maximum absolute atomic E-state index is 14.3. The molecule has 0 bridgehead atoms. The highest BCUT2D eigenvalue weighted by molar-refractivity contribution is 5.92. The van der Waals surface area contributed by atoms with Gasteiger partial charge in [0.15, 0.2) is 0 Å². The summed E-state index contributed by atoms with van der Waals surface area (Å²) >= 11 is 0. The molecule has 1 N–H and O–H groups in total. The molecular weight excluding hydrogens is 560 g/mol. The monoisotopic (exact) mass is 608 g/mol. The Morgan fingerprint density at radius 1 is 1.07 bits per heavy atom. The molecule has 3 rings (SSSR count). The second-order valence-corrected chi connectivity index (χ2v) is 13.3. The van der Waals surface area contributed by atoms with Gasteiger partial charge >= 0.3 is 12.1 Å². The van der Waals surface area contributed by atoms with E-state index in [0.717, 1.165) is 34.7 Å². The van der Waals surface area contributed by atoms with E-state index >= 15 is 0 Å². The predicted molar refractivity (Wildman–Crippen MR) is 172 cm³/mol. The summed E-state index contributed by atoms with van der Waals surface area (Å²) < 4.78 is 22.3. The minimum Gasteiger partial charge on any atom is -0.496 e. The first kappa shape index (κ1) is 34.6. The lowest BCUT2D eigenvalue weighted by atomic mass is 9.85. The Morgan fingerprint density at radius 2 is 1.77 bits per heavy atom. The highest BCUT2D eigenvalue weighted by atomic mass is 16.5. The average molecular weight is 609 g/mol. The third kappa shape index (κ3) is 7.62. The number of likely N-dealkylation sites (tertiary alicyclic amines) is 1. The van der Waals surface area contributed by atoms with Gasteiger partial charge in [-0.15, -0.1) is 6.58 Å². The molecule has 3 atom stereocenters. The van der Waals surface area contributed by atoms with E-state index in [1.54, 1.807) is 20.3 Å². The highest BCUT2D eigenvalue weighted by Crippen LogP contribution is 2.42. The topological polar surface area (TPSA) is 103 Å². The molecule has 0 aliphatic carbocycles. The standard InChI is InChI=1S/C35H48N2O7/c1-11-13-16-34(6,7)22-44-32(40)36-29(33(3,4)5)30(38)37-21-35(43-10,20-27(37)31(39)42-9)26-15-14-24-19-28(41-8)23(12-2)17-25(24)18-26/h11-12,14-15,17-19,27,29H,1-2,13,16,20-22H2,3-10H3,(H,36,40)/t27?,29-,35?/m1/s1. The zero-order valence-electron chi connectivity index (χ0n) is 27.5. The van der Waals surface area contributed by atoms with Gasteiger partial charge in [-0.3, -0.25) is 4.79 Å². The van der Waals surface area contributed by atoms with Crippen molar-refractivity contribution >= 4 is 34.8 Å². The Balaban J connectivity index is 1.95. The smallest absolute Gasteiger partial charge is 0.407 e. The minimum absolute atomic E-state index is 0.0793. The molecule has 0 spiro atoms. The molecule has 2 aromatic carbocycles. The molecule has 2 aromatic rings.